The fraction of sp³-hybridized carbons (Fsp3) is 0.281. The molecule has 2 atom stereocenters. The Labute approximate surface area is 227 Å². The molecule has 196 valence electrons. The molecule has 3 aromatic carbocycles. The first-order valence-corrected chi connectivity index (χ1v) is 13.8. The number of rotatable bonds is 5. The van der Waals surface area contributed by atoms with Crippen LogP contribution in [-0.4, -0.2) is 46.0 Å². The summed E-state index contributed by atoms with van der Waals surface area (Å²) < 4.78 is 1.77. The normalized spacial score (nSPS) is 20.9. The van der Waals surface area contributed by atoms with Crippen molar-refractivity contribution in [2.75, 3.05) is 30.3 Å². The first-order chi connectivity index (χ1) is 19.1. The molecule has 4 heterocycles. The number of aromatic nitrogens is 2. The van der Waals surface area contributed by atoms with Gasteiger partial charge in [-0.15, -0.1) is 0 Å². The Balaban J connectivity index is 0.957. The number of nitrogens with one attached hydrogen (secondary N) is 2. The summed E-state index contributed by atoms with van der Waals surface area (Å²) in [6.45, 7) is 3.40. The lowest BCUT2D eigenvalue weighted by Crippen LogP contribution is -2.44. The van der Waals surface area contributed by atoms with Gasteiger partial charge in [0, 0.05) is 49.4 Å². The second kappa shape index (κ2) is 9.82. The fourth-order valence-electron chi connectivity index (χ4n) is 6.34. The SMILES string of the molecule is O=C(CCN1CCC2c3ccccc3NC2C1)Nc1ccc(/C=C2\CCn3c2nc2ccccc2c3=O)cc1. The van der Waals surface area contributed by atoms with Gasteiger partial charge in [-0.3, -0.25) is 14.2 Å². The topological polar surface area (TPSA) is 79.3 Å². The third kappa shape index (κ3) is 4.53. The molecule has 4 aromatic rings. The van der Waals surface area contributed by atoms with Crippen LogP contribution in [0.25, 0.3) is 22.6 Å². The van der Waals surface area contributed by atoms with Gasteiger partial charge in [0.2, 0.25) is 5.91 Å². The molecule has 7 nitrogen and oxygen atoms in total. The first-order valence-electron chi connectivity index (χ1n) is 13.8. The van der Waals surface area contributed by atoms with Crippen molar-refractivity contribution in [3.8, 4) is 0 Å². The van der Waals surface area contributed by atoms with Crippen LogP contribution in [0.2, 0.25) is 0 Å². The summed E-state index contributed by atoms with van der Waals surface area (Å²) in [7, 11) is 0. The highest BCUT2D eigenvalue weighted by molar-refractivity contribution is 5.91. The highest BCUT2D eigenvalue weighted by atomic mass is 16.1. The lowest BCUT2D eigenvalue weighted by atomic mass is 9.88. The van der Waals surface area contributed by atoms with E-state index in [2.05, 4.69) is 45.9 Å². The maximum absolute atomic E-state index is 12.9. The number of carbonyl (C=O) groups excluding carboxylic acids is 1. The zero-order valence-corrected chi connectivity index (χ0v) is 21.8. The molecule has 0 aliphatic carbocycles. The Kier molecular flexibility index (Phi) is 6.01. The molecule has 3 aliphatic rings. The Bertz CT molecular complexity index is 1660. The van der Waals surface area contributed by atoms with Crippen molar-refractivity contribution < 1.29 is 4.79 Å². The van der Waals surface area contributed by atoms with Crippen LogP contribution < -0.4 is 16.2 Å². The van der Waals surface area contributed by atoms with E-state index in [0.29, 0.717) is 30.3 Å². The number of anilines is 2. The van der Waals surface area contributed by atoms with E-state index in [1.165, 1.54) is 11.3 Å². The number of benzene rings is 3. The van der Waals surface area contributed by atoms with Crippen molar-refractivity contribution in [3.63, 3.8) is 0 Å². The van der Waals surface area contributed by atoms with E-state index in [1.54, 1.807) is 4.57 Å². The summed E-state index contributed by atoms with van der Waals surface area (Å²) in [5.41, 5.74) is 6.32. The van der Waals surface area contributed by atoms with Gasteiger partial charge in [0.25, 0.3) is 5.56 Å². The summed E-state index contributed by atoms with van der Waals surface area (Å²) in [4.78, 5) is 32.7. The molecule has 3 aliphatic heterocycles. The molecule has 7 heteroatoms. The van der Waals surface area contributed by atoms with E-state index in [1.807, 2.05) is 48.5 Å². The van der Waals surface area contributed by atoms with Gasteiger partial charge in [-0.25, -0.2) is 4.98 Å². The van der Waals surface area contributed by atoms with Crippen molar-refractivity contribution in [1.29, 1.82) is 0 Å². The first kappa shape index (κ1) is 23.9. The lowest BCUT2D eigenvalue weighted by Gasteiger charge is -2.35. The summed E-state index contributed by atoms with van der Waals surface area (Å²) in [6, 6.07) is 24.4. The van der Waals surface area contributed by atoms with Crippen molar-refractivity contribution in [2.45, 2.75) is 37.8 Å². The van der Waals surface area contributed by atoms with Gasteiger partial charge in [0.15, 0.2) is 0 Å². The standard InChI is InChI=1S/C32H31N5O2/c38-30(15-17-36-16-14-25-24-5-1-3-7-27(24)34-29(25)20-36)33-23-11-9-21(10-12-23)19-22-13-18-37-31(22)35-28-8-4-2-6-26(28)32(37)39/h1-12,19,25,29,34H,13-18,20H2,(H,33,38)/b22-19+. The monoisotopic (exact) mass is 517 g/mol. The molecule has 39 heavy (non-hydrogen) atoms. The number of likely N-dealkylation sites (tertiary alicyclic amines) is 1. The molecule has 2 unspecified atom stereocenters. The van der Waals surface area contributed by atoms with E-state index in [0.717, 1.165) is 60.6 Å². The Hall–Kier alpha value is -4.23. The van der Waals surface area contributed by atoms with Gasteiger partial charge in [0.1, 0.15) is 5.82 Å². The number of nitrogens with zero attached hydrogens (tertiary/aromatic N) is 3. The van der Waals surface area contributed by atoms with E-state index in [4.69, 9.17) is 4.98 Å². The van der Waals surface area contributed by atoms with Gasteiger partial charge in [-0.1, -0.05) is 42.5 Å². The van der Waals surface area contributed by atoms with E-state index < -0.39 is 0 Å². The van der Waals surface area contributed by atoms with E-state index in [9.17, 15) is 9.59 Å². The second-order valence-electron chi connectivity index (χ2n) is 10.8. The minimum Gasteiger partial charge on any atom is -0.380 e. The van der Waals surface area contributed by atoms with Crippen molar-refractivity contribution in [1.82, 2.24) is 14.5 Å². The smallest absolute Gasteiger partial charge is 0.261 e. The van der Waals surface area contributed by atoms with Crippen molar-refractivity contribution >= 4 is 39.8 Å². The second-order valence-corrected chi connectivity index (χ2v) is 10.8. The third-order valence-corrected chi connectivity index (χ3v) is 8.34. The number of hydrogen-bond acceptors (Lipinski definition) is 5. The number of amides is 1. The zero-order valence-electron chi connectivity index (χ0n) is 21.8. The fourth-order valence-corrected chi connectivity index (χ4v) is 6.34. The molecular formula is C32H31N5O2. The molecule has 2 N–H and O–H groups in total. The number of allylic oxidation sites excluding steroid dienone is 1. The Morgan fingerprint density at radius 3 is 2.74 bits per heavy atom. The van der Waals surface area contributed by atoms with Crippen LogP contribution in [0.15, 0.2) is 77.6 Å². The Morgan fingerprint density at radius 2 is 1.85 bits per heavy atom. The van der Waals surface area contributed by atoms with Crippen molar-refractivity contribution in [2.24, 2.45) is 0 Å². The van der Waals surface area contributed by atoms with Crippen LogP contribution in [0, 0.1) is 0 Å². The van der Waals surface area contributed by atoms with Gasteiger partial charge in [-0.2, -0.15) is 0 Å². The molecular weight excluding hydrogens is 486 g/mol. The van der Waals surface area contributed by atoms with Crippen molar-refractivity contribution in [3.05, 3.63) is 100 Å². The van der Waals surface area contributed by atoms with Gasteiger partial charge >= 0.3 is 0 Å². The molecule has 1 saturated heterocycles. The number of para-hydroxylation sites is 2. The highest BCUT2D eigenvalue weighted by Crippen LogP contribution is 2.40. The quantitative estimate of drug-likeness (QED) is 0.392. The molecule has 7 rings (SSSR count). The van der Waals surface area contributed by atoms with Gasteiger partial charge in [-0.05, 0) is 72.5 Å². The van der Waals surface area contributed by atoms with E-state index in [-0.39, 0.29) is 11.5 Å². The average molecular weight is 518 g/mol. The number of carbonyl (C=O) groups is 1. The van der Waals surface area contributed by atoms with E-state index >= 15 is 0 Å². The van der Waals surface area contributed by atoms with Crippen LogP contribution in [0.5, 0.6) is 0 Å². The molecule has 1 aromatic heterocycles. The number of fused-ring (bicyclic) bond motifs is 5. The maximum Gasteiger partial charge on any atom is 0.261 e. The van der Waals surface area contributed by atoms with Crippen LogP contribution in [0.3, 0.4) is 0 Å². The maximum atomic E-state index is 12.9. The predicted octanol–water partition coefficient (Wildman–Crippen LogP) is 4.95. The Morgan fingerprint density at radius 1 is 1.03 bits per heavy atom. The lowest BCUT2D eigenvalue weighted by molar-refractivity contribution is -0.116. The predicted molar refractivity (Wildman–Crippen MR) is 156 cm³/mol. The largest absolute Gasteiger partial charge is 0.380 e. The summed E-state index contributed by atoms with van der Waals surface area (Å²) >= 11 is 0. The molecule has 0 saturated carbocycles. The molecule has 1 amide bonds. The minimum atomic E-state index is 0.0195. The molecule has 1 fully saturated rings. The van der Waals surface area contributed by atoms with Crippen LogP contribution >= 0.6 is 0 Å². The number of hydrogen-bond donors (Lipinski definition) is 2. The van der Waals surface area contributed by atoms with Crippen LogP contribution in [-0.2, 0) is 11.3 Å². The van der Waals surface area contributed by atoms with Crippen LogP contribution in [0.1, 0.15) is 42.1 Å². The number of piperidine rings is 1. The van der Waals surface area contributed by atoms with Crippen LogP contribution in [0.4, 0.5) is 11.4 Å². The molecule has 0 bridgehead atoms. The summed E-state index contributed by atoms with van der Waals surface area (Å²) in [6.07, 6.45) is 4.46. The third-order valence-electron chi connectivity index (χ3n) is 8.34. The summed E-state index contributed by atoms with van der Waals surface area (Å²) in [5, 5.41) is 7.38. The summed E-state index contributed by atoms with van der Waals surface area (Å²) in [5.74, 6) is 1.36. The zero-order chi connectivity index (χ0) is 26.3. The van der Waals surface area contributed by atoms with Gasteiger partial charge < -0.3 is 15.5 Å². The minimum absolute atomic E-state index is 0.0195. The molecule has 0 radical (unpaired) electrons. The highest BCUT2D eigenvalue weighted by Gasteiger charge is 2.36. The molecule has 0 spiro atoms. The average Bonchev–Trinajstić information content (AvgIpc) is 3.54. The van der Waals surface area contributed by atoms with Gasteiger partial charge in [0.05, 0.1) is 10.9 Å².